The fraction of sp³-hybridized carbons (Fsp3) is 0.333. The molecule has 1 fully saturated rings. The lowest BCUT2D eigenvalue weighted by Gasteiger charge is -2.20. The quantitative estimate of drug-likeness (QED) is 0.369. The van der Waals surface area contributed by atoms with Gasteiger partial charge in [-0.2, -0.15) is 4.31 Å². The number of pyridine rings is 1. The zero-order chi connectivity index (χ0) is 26.6. The van der Waals surface area contributed by atoms with Crippen molar-refractivity contribution in [1.29, 1.82) is 0 Å². The predicted molar refractivity (Wildman–Crippen MR) is 143 cm³/mol. The van der Waals surface area contributed by atoms with Gasteiger partial charge in [0, 0.05) is 18.7 Å². The maximum Gasteiger partial charge on any atom is 0.243 e. The molecule has 2 aromatic carbocycles. The molecule has 8 nitrogen and oxygen atoms in total. The molecule has 196 valence electrons. The molecular weight excluding hydrogens is 514 g/mol. The molecule has 0 saturated heterocycles. The molecule has 1 amide bonds. The van der Waals surface area contributed by atoms with Crippen molar-refractivity contribution in [2.24, 2.45) is 0 Å². The van der Waals surface area contributed by atoms with E-state index in [0.29, 0.717) is 53.7 Å². The van der Waals surface area contributed by atoms with Crippen molar-refractivity contribution in [2.75, 3.05) is 32.1 Å². The molecule has 1 heterocycles. The SMILES string of the molecule is CCCN(CCO)S(=O)(=O)c1ccc(-c2cccc(NC(=O)C3(c4ccc(Cl)c(OC)c4)CC3)n2)cc1. The maximum atomic E-state index is 13.2. The Morgan fingerprint density at radius 2 is 1.86 bits per heavy atom. The Hall–Kier alpha value is -2.98. The largest absolute Gasteiger partial charge is 0.495 e. The molecule has 4 rings (SSSR count). The van der Waals surface area contributed by atoms with Crippen LogP contribution in [0.2, 0.25) is 5.02 Å². The molecule has 3 aromatic rings. The number of amides is 1. The van der Waals surface area contributed by atoms with Gasteiger partial charge in [-0.1, -0.05) is 42.8 Å². The number of hydrogen-bond acceptors (Lipinski definition) is 6. The van der Waals surface area contributed by atoms with Gasteiger partial charge in [0.2, 0.25) is 15.9 Å². The standard InChI is InChI=1S/C27H30ClN3O5S/c1-3-15-31(16-17-32)37(34,35)21-10-7-19(8-11-21)23-5-4-6-25(29-23)30-26(33)27(13-14-27)20-9-12-22(28)24(18-20)36-2/h4-12,18,32H,3,13-17H2,1-2H3,(H,29,30,33). The maximum absolute atomic E-state index is 13.2. The Balaban J connectivity index is 1.52. The highest BCUT2D eigenvalue weighted by atomic mass is 35.5. The lowest BCUT2D eigenvalue weighted by Crippen LogP contribution is -2.34. The number of methoxy groups -OCH3 is 1. The minimum absolute atomic E-state index is 0.0471. The van der Waals surface area contributed by atoms with Gasteiger partial charge in [-0.05, 0) is 61.2 Å². The van der Waals surface area contributed by atoms with Gasteiger partial charge in [0.15, 0.2) is 0 Å². The lowest BCUT2D eigenvalue weighted by atomic mass is 9.94. The Morgan fingerprint density at radius 1 is 1.14 bits per heavy atom. The summed E-state index contributed by atoms with van der Waals surface area (Å²) < 4.78 is 32.5. The van der Waals surface area contributed by atoms with Crippen molar-refractivity contribution in [3.63, 3.8) is 0 Å². The summed E-state index contributed by atoms with van der Waals surface area (Å²) in [6.45, 7) is 2.02. The Morgan fingerprint density at radius 3 is 2.49 bits per heavy atom. The highest BCUT2D eigenvalue weighted by Gasteiger charge is 2.51. The molecule has 0 aliphatic heterocycles. The Bertz CT molecular complexity index is 1370. The number of halogens is 1. The van der Waals surface area contributed by atoms with Crippen molar-refractivity contribution in [2.45, 2.75) is 36.5 Å². The fourth-order valence-electron chi connectivity index (χ4n) is 4.29. The van der Waals surface area contributed by atoms with Crippen LogP contribution in [0, 0.1) is 0 Å². The molecule has 1 aliphatic carbocycles. The van der Waals surface area contributed by atoms with Crippen LogP contribution in [-0.4, -0.2) is 55.5 Å². The molecule has 0 atom stereocenters. The van der Waals surface area contributed by atoms with E-state index in [2.05, 4.69) is 10.3 Å². The summed E-state index contributed by atoms with van der Waals surface area (Å²) in [6.07, 6.45) is 2.07. The van der Waals surface area contributed by atoms with Gasteiger partial charge in [-0.25, -0.2) is 13.4 Å². The van der Waals surface area contributed by atoms with Crippen LogP contribution in [-0.2, 0) is 20.2 Å². The minimum atomic E-state index is -3.71. The normalized spacial score (nSPS) is 14.4. The third kappa shape index (κ3) is 5.65. The number of ether oxygens (including phenoxy) is 1. The van der Waals surface area contributed by atoms with Crippen molar-refractivity contribution >= 4 is 33.3 Å². The summed E-state index contributed by atoms with van der Waals surface area (Å²) in [5.74, 6) is 0.782. The summed E-state index contributed by atoms with van der Waals surface area (Å²) in [5, 5.41) is 12.7. The molecule has 2 N–H and O–H groups in total. The number of benzene rings is 2. The molecule has 0 unspecified atom stereocenters. The van der Waals surface area contributed by atoms with E-state index in [1.807, 2.05) is 13.0 Å². The van der Waals surface area contributed by atoms with Crippen molar-refractivity contribution in [1.82, 2.24) is 9.29 Å². The first-order chi connectivity index (χ1) is 17.7. The monoisotopic (exact) mass is 543 g/mol. The van der Waals surface area contributed by atoms with Crippen LogP contribution in [0.15, 0.2) is 65.6 Å². The van der Waals surface area contributed by atoms with Crippen LogP contribution in [0.5, 0.6) is 5.75 Å². The van der Waals surface area contributed by atoms with Gasteiger partial charge >= 0.3 is 0 Å². The number of nitrogens with zero attached hydrogens (tertiary/aromatic N) is 2. The van der Waals surface area contributed by atoms with Crippen LogP contribution in [0.4, 0.5) is 5.82 Å². The van der Waals surface area contributed by atoms with Crippen LogP contribution in [0.1, 0.15) is 31.7 Å². The van der Waals surface area contributed by atoms with Crippen LogP contribution in [0.25, 0.3) is 11.3 Å². The van der Waals surface area contributed by atoms with E-state index in [1.54, 1.807) is 49.6 Å². The number of anilines is 1. The molecule has 1 aliphatic rings. The van der Waals surface area contributed by atoms with Crippen molar-refractivity contribution in [3.05, 3.63) is 71.2 Å². The van der Waals surface area contributed by atoms with Gasteiger partial charge in [-0.3, -0.25) is 4.79 Å². The second-order valence-corrected chi connectivity index (χ2v) is 11.3. The van der Waals surface area contributed by atoms with Gasteiger partial charge < -0.3 is 15.2 Å². The summed E-state index contributed by atoms with van der Waals surface area (Å²) in [4.78, 5) is 18.0. The van der Waals surface area contributed by atoms with Gasteiger partial charge in [0.05, 0.1) is 34.7 Å². The minimum Gasteiger partial charge on any atom is -0.495 e. The highest BCUT2D eigenvalue weighted by molar-refractivity contribution is 7.89. The first kappa shape index (κ1) is 27.1. The number of sulfonamides is 1. The van der Waals surface area contributed by atoms with Crippen LogP contribution in [0.3, 0.4) is 0 Å². The molecule has 1 aromatic heterocycles. The van der Waals surface area contributed by atoms with E-state index in [-0.39, 0.29) is 24.0 Å². The van der Waals surface area contributed by atoms with E-state index < -0.39 is 15.4 Å². The number of aromatic nitrogens is 1. The second-order valence-electron chi connectivity index (χ2n) is 8.95. The molecule has 0 spiro atoms. The van der Waals surface area contributed by atoms with Gasteiger partial charge in [0.25, 0.3) is 0 Å². The third-order valence-corrected chi connectivity index (χ3v) is 8.71. The first-order valence-corrected chi connectivity index (χ1v) is 13.9. The highest BCUT2D eigenvalue weighted by Crippen LogP contribution is 2.50. The topological polar surface area (TPSA) is 109 Å². The predicted octanol–water partition coefficient (Wildman–Crippen LogP) is 4.47. The molecule has 0 bridgehead atoms. The summed E-state index contributed by atoms with van der Waals surface area (Å²) in [6, 6.07) is 17.1. The summed E-state index contributed by atoms with van der Waals surface area (Å²) in [5.41, 5.74) is 1.51. The van der Waals surface area contributed by atoms with E-state index in [4.69, 9.17) is 16.3 Å². The molecule has 0 radical (unpaired) electrons. The number of carbonyl (C=O) groups excluding carboxylic acids is 1. The number of hydrogen-bond donors (Lipinski definition) is 2. The van der Waals surface area contributed by atoms with Crippen molar-refractivity contribution < 1.29 is 23.1 Å². The van der Waals surface area contributed by atoms with E-state index >= 15 is 0 Å². The zero-order valence-corrected chi connectivity index (χ0v) is 22.3. The molecular formula is C27H30ClN3O5S. The van der Waals surface area contributed by atoms with E-state index in [0.717, 1.165) is 5.56 Å². The van der Waals surface area contributed by atoms with Crippen molar-refractivity contribution in [3.8, 4) is 17.0 Å². The number of aliphatic hydroxyl groups is 1. The van der Waals surface area contributed by atoms with E-state index in [1.165, 1.54) is 16.4 Å². The number of nitrogens with one attached hydrogen (secondary N) is 1. The first-order valence-electron chi connectivity index (χ1n) is 12.1. The fourth-order valence-corrected chi connectivity index (χ4v) is 6.01. The molecule has 37 heavy (non-hydrogen) atoms. The van der Waals surface area contributed by atoms with Crippen LogP contribution < -0.4 is 10.1 Å². The van der Waals surface area contributed by atoms with Gasteiger partial charge in [-0.15, -0.1) is 0 Å². The average Bonchev–Trinajstić information content (AvgIpc) is 3.71. The smallest absolute Gasteiger partial charge is 0.243 e. The average molecular weight is 544 g/mol. The summed E-state index contributed by atoms with van der Waals surface area (Å²) >= 11 is 6.15. The third-order valence-electron chi connectivity index (χ3n) is 6.49. The zero-order valence-electron chi connectivity index (χ0n) is 20.8. The second kappa shape index (κ2) is 11.2. The van der Waals surface area contributed by atoms with Crippen LogP contribution >= 0.6 is 11.6 Å². The lowest BCUT2D eigenvalue weighted by molar-refractivity contribution is -0.118. The van der Waals surface area contributed by atoms with Gasteiger partial charge in [0.1, 0.15) is 11.6 Å². The molecule has 10 heteroatoms. The van der Waals surface area contributed by atoms with E-state index in [9.17, 15) is 18.3 Å². The Kier molecular flexibility index (Phi) is 8.18. The Labute approximate surface area is 222 Å². The number of aliphatic hydroxyl groups excluding tert-OH is 1. The molecule has 1 saturated carbocycles. The number of carbonyl (C=O) groups is 1. The summed E-state index contributed by atoms with van der Waals surface area (Å²) in [7, 11) is -2.17. The number of rotatable bonds is 11.